The van der Waals surface area contributed by atoms with Gasteiger partial charge in [0.2, 0.25) is 0 Å². The first kappa shape index (κ1) is 17.3. The van der Waals surface area contributed by atoms with Gasteiger partial charge in [-0.3, -0.25) is 0 Å². The highest BCUT2D eigenvalue weighted by Gasteiger charge is 2.13. The van der Waals surface area contributed by atoms with Crippen LogP contribution in [0, 0.1) is 0 Å². The van der Waals surface area contributed by atoms with Crippen LogP contribution < -0.4 is 5.32 Å². The molecule has 2 heterocycles. The highest BCUT2D eigenvalue weighted by atomic mass is 16.3. The number of allylic oxidation sites excluding steroid dienone is 1. The van der Waals surface area contributed by atoms with Crippen molar-refractivity contribution in [3.8, 4) is 11.1 Å². The van der Waals surface area contributed by atoms with E-state index in [9.17, 15) is 0 Å². The highest BCUT2D eigenvalue weighted by Crippen LogP contribution is 2.35. The van der Waals surface area contributed by atoms with E-state index < -0.39 is 0 Å². The van der Waals surface area contributed by atoms with E-state index in [1.807, 2.05) is 31.2 Å². The molecule has 3 aromatic carbocycles. The van der Waals surface area contributed by atoms with Crippen LogP contribution in [0.15, 0.2) is 77.7 Å². The monoisotopic (exact) mass is 375 g/mol. The molecular formula is C27H21NO. The van der Waals surface area contributed by atoms with E-state index in [4.69, 9.17) is 4.42 Å². The van der Waals surface area contributed by atoms with E-state index in [1.165, 1.54) is 16.7 Å². The summed E-state index contributed by atoms with van der Waals surface area (Å²) in [5.74, 6) is 0.849. The Morgan fingerprint density at radius 1 is 0.862 bits per heavy atom. The fourth-order valence-corrected chi connectivity index (χ4v) is 3.88. The molecule has 0 spiro atoms. The minimum Gasteiger partial charge on any atom is -0.456 e. The summed E-state index contributed by atoms with van der Waals surface area (Å²) < 4.78 is 5.99. The van der Waals surface area contributed by atoms with Crippen molar-refractivity contribution in [2.45, 2.75) is 6.92 Å². The van der Waals surface area contributed by atoms with Gasteiger partial charge in [0.25, 0.3) is 0 Å². The molecule has 0 atom stereocenters. The molecular weight excluding hydrogens is 354 g/mol. The quantitative estimate of drug-likeness (QED) is 0.345. The van der Waals surface area contributed by atoms with Gasteiger partial charge in [-0.05, 0) is 65.6 Å². The van der Waals surface area contributed by atoms with Crippen molar-refractivity contribution in [2.24, 2.45) is 0 Å². The molecule has 140 valence electrons. The smallest absolute Gasteiger partial charge is 0.135 e. The van der Waals surface area contributed by atoms with Crippen molar-refractivity contribution in [2.75, 3.05) is 5.32 Å². The Balaban J connectivity index is 1.60. The molecule has 1 aliphatic rings. The van der Waals surface area contributed by atoms with Gasteiger partial charge >= 0.3 is 0 Å². The normalized spacial score (nSPS) is 12.4. The van der Waals surface area contributed by atoms with Crippen molar-refractivity contribution in [3.05, 3.63) is 95.8 Å². The minimum atomic E-state index is 0.849. The van der Waals surface area contributed by atoms with Crippen LogP contribution in [0.2, 0.25) is 0 Å². The Morgan fingerprint density at radius 3 is 2.48 bits per heavy atom. The van der Waals surface area contributed by atoms with E-state index in [2.05, 4.69) is 78.6 Å². The molecule has 1 N–H and O–H groups in total. The van der Waals surface area contributed by atoms with Crippen molar-refractivity contribution >= 4 is 46.6 Å². The number of benzene rings is 3. The Kier molecular flexibility index (Phi) is 4.18. The third-order valence-electron chi connectivity index (χ3n) is 5.33. The molecule has 2 nitrogen and oxygen atoms in total. The Bertz CT molecular complexity index is 1300. The summed E-state index contributed by atoms with van der Waals surface area (Å²) in [6.07, 6.45) is 10.2. The number of fused-ring (bicyclic) bond motifs is 3. The molecule has 0 saturated carbocycles. The fourth-order valence-electron chi connectivity index (χ4n) is 3.88. The summed E-state index contributed by atoms with van der Waals surface area (Å²) in [7, 11) is 0. The molecule has 5 rings (SSSR count). The van der Waals surface area contributed by atoms with Crippen LogP contribution in [0.4, 0.5) is 11.4 Å². The van der Waals surface area contributed by atoms with E-state index in [0.29, 0.717) is 0 Å². The average molecular weight is 375 g/mol. The molecule has 29 heavy (non-hydrogen) atoms. The van der Waals surface area contributed by atoms with Crippen LogP contribution in [0.25, 0.3) is 46.4 Å². The topological polar surface area (TPSA) is 25.2 Å². The lowest BCUT2D eigenvalue weighted by molar-refractivity contribution is 0.603. The standard InChI is InChI=1S/C27H21NO/c1-3-7-26-22(4-2)23-17-20(13-15-27(23)29-26)19-12-14-25-21(16-19)11-10-18-8-5-6-9-24(18)28-25/h3-17,28H,2H2,1H3/b7-3-. The minimum absolute atomic E-state index is 0.849. The summed E-state index contributed by atoms with van der Waals surface area (Å²) >= 11 is 0. The summed E-state index contributed by atoms with van der Waals surface area (Å²) in [6, 6.07) is 21.2. The van der Waals surface area contributed by atoms with E-state index in [0.717, 1.165) is 39.2 Å². The summed E-state index contributed by atoms with van der Waals surface area (Å²) in [5, 5.41) is 4.63. The lowest BCUT2D eigenvalue weighted by atomic mass is 9.99. The predicted molar refractivity (Wildman–Crippen MR) is 125 cm³/mol. The number of nitrogens with one attached hydrogen (secondary N) is 1. The third kappa shape index (κ3) is 2.99. The largest absolute Gasteiger partial charge is 0.456 e. The van der Waals surface area contributed by atoms with Crippen molar-refractivity contribution in [1.82, 2.24) is 0 Å². The second-order valence-corrected chi connectivity index (χ2v) is 7.14. The summed E-state index contributed by atoms with van der Waals surface area (Å²) in [6.45, 7) is 5.96. The highest BCUT2D eigenvalue weighted by molar-refractivity contribution is 5.95. The number of hydrogen-bond acceptors (Lipinski definition) is 2. The molecule has 0 aliphatic carbocycles. The van der Waals surface area contributed by atoms with E-state index in [1.54, 1.807) is 0 Å². The first-order valence-corrected chi connectivity index (χ1v) is 9.77. The summed E-state index contributed by atoms with van der Waals surface area (Å²) in [5.41, 5.74) is 8.85. The van der Waals surface area contributed by atoms with Gasteiger partial charge in [0.15, 0.2) is 0 Å². The second-order valence-electron chi connectivity index (χ2n) is 7.14. The number of anilines is 2. The average Bonchev–Trinajstić information content (AvgIpc) is 2.98. The van der Waals surface area contributed by atoms with Gasteiger partial charge in [-0.25, -0.2) is 0 Å². The summed E-state index contributed by atoms with van der Waals surface area (Å²) in [4.78, 5) is 0. The van der Waals surface area contributed by atoms with Gasteiger partial charge in [-0.15, -0.1) is 0 Å². The van der Waals surface area contributed by atoms with Crippen LogP contribution in [0.5, 0.6) is 0 Å². The van der Waals surface area contributed by atoms with Crippen LogP contribution in [-0.2, 0) is 0 Å². The third-order valence-corrected chi connectivity index (χ3v) is 5.33. The fraction of sp³-hybridized carbons (Fsp3) is 0.0370. The molecule has 0 fully saturated rings. The Morgan fingerprint density at radius 2 is 1.62 bits per heavy atom. The molecule has 0 unspecified atom stereocenters. The van der Waals surface area contributed by atoms with Gasteiger partial charge in [-0.1, -0.05) is 61.2 Å². The lowest BCUT2D eigenvalue weighted by Gasteiger charge is -2.11. The lowest BCUT2D eigenvalue weighted by Crippen LogP contribution is -1.93. The van der Waals surface area contributed by atoms with E-state index >= 15 is 0 Å². The molecule has 1 aliphatic heterocycles. The number of hydrogen-bond donors (Lipinski definition) is 1. The van der Waals surface area contributed by atoms with Crippen molar-refractivity contribution < 1.29 is 4.42 Å². The van der Waals surface area contributed by atoms with Crippen molar-refractivity contribution in [1.29, 1.82) is 0 Å². The molecule has 0 saturated heterocycles. The van der Waals surface area contributed by atoms with Gasteiger partial charge in [0.1, 0.15) is 11.3 Å². The first-order chi connectivity index (χ1) is 14.3. The molecule has 0 bridgehead atoms. The first-order valence-electron chi connectivity index (χ1n) is 9.77. The predicted octanol–water partition coefficient (Wildman–Crippen LogP) is 8.00. The maximum atomic E-state index is 5.99. The van der Waals surface area contributed by atoms with Gasteiger partial charge in [0.05, 0.1) is 0 Å². The molecule has 0 amide bonds. The van der Waals surface area contributed by atoms with Gasteiger partial charge < -0.3 is 9.73 Å². The van der Waals surface area contributed by atoms with Crippen molar-refractivity contribution in [3.63, 3.8) is 0 Å². The number of rotatable bonds is 3. The number of furan rings is 1. The van der Waals surface area contributed by atoms with Crippen LogP contribution >= 0.6 is 0 Å². The zero-order valence-corrected chi connectivity index (χ0v) is 16.3. The SMILES string of the molecule is C=Cc1c(/C=C\C)oc2ccc(-c3ccc4c(c3)C=Cc3ccccc3N4)cc12. The van der Waals surface area contributed by atoms with Crippen LogP contribution in [-0.4, -0.2) is 0 Å². The molecule has 0 radical (unpaired) electrons. The van der Waals surface area contributed by atoms with Gasteiger partial charge in [-0.2, -0.15) is 0 Å². The Hall–Kier alpha value is -3.78. The molecule has 2 heteroatoms. The second kappa shape index (κ2) is 6.99. The zero-order valence-electron chi connectivity index (χ0n) is 16.3. The van der Waals surface area contributed by atoms with Gasteiger partial charge in [0, 0.05) is 22.3 Å². The molecule has 1 aromatic heterocycles. The maximum Gasteiger partial charge on any atom is 0.135 e. The van der Waals surface area contributed by atoms with Crippen LogP contribution in [0.1, 0.15) is 29.4 Å². The maximum absolute atomic E-state index is 5.99. The number of para-hydroxylation sites is 1. The molecule has 4 aromatic rings. The van der Waals surface area contributed by atoms with Crippen LogP contribution in [0.3, 0.4) is 0 Å². The van der Waals surface area contributed by atoms with E-state index in [-0.39, 0.29) is 0 Å². The zero-order chi connectivity index (χ0) is 19.8. The Labute approximate surface area is 170 Å².